The normalized spacial score (nSPS) is 11.8. The van der Waals surface area contributed by atoms with Gasteiger partial charge < -0.3 is 16.8 Å². The number of amides is 2. The lowest BCUT2D eigenvalue weighted by Gasteiger charge is -2.11. The number of primary amides is 1. The van der Waals surface area contributed by atoms with Gasteiger partial charge in [0.15, 0.2) is 0 Å². The first-order chi connectivity index (χ1) is 6.93. The minimum Gasteiger partial charge on any atom is -0.401 e. The minimum absolute atomic E-state index is 0.0985. The molecule has 0 saturated carbocycles. The topological polar surface area (TPSA) is 98.2 Å². The zero-order valence-corrected chi connectivity index (χ0v) is 9.60. The summed E-state index contributed by atoms with van der Waals surface area (Å²) in [7, 11) is 0. The predicted molar refractivity (Wildman–Crippen MR) is 62.0 cm³/mol. The molecule has 0 aromatic carbocycles. The molecule has 0 aromatic heterocycles. The molecule has 2 amide bonds. The van der Waals surface area contributed by atoms with Crippen LogP contribution >= 0.6 is 11.8 Å². The van der Waals surface area contributed by atoms with E-state index in [1.807, 2.05) is 0 Å². The van der Waals surface area contributed by atoms with E-state index >= 15 is 0 Å². The van der Waals surface area contributed by atoms with Crippen molar-refractivity contribution in [3.8, 4) is 0 Å². The van der Waals surface area contributed by atoms with E-state index in [0.717, 1.165) is 0 Å². The first-order valence-corrected chi connectivity index (χ1v) is 5.66. The molecule has 0 aliphatic rings. The third-order valence-electron chi connectivity index (χ3n) is 1.55. The molecule has 0 bridgehead atoms. The highest BCUT2D eigenvalue weighted by Crippen LogP contribution is 2.07. The lowest BCUT2D eigenvalue weighted by molar-refractivity contribution is -0.123. The van der Waals surface area contributed by atoms with Gasteiger partial charge in [0.1, 0.15) is 0 Å². The molecule has 5 nitrogen and oxygen atoms in total. The van der Waals surface area contributed by atoms with Gasteiger partial charge in [-0.25, -0.2) is 0 Å². The number of hydrogen-bond donors (Lipinski definition) is 3. The second-order valence-corrected chi connectivity index (χ2v) is 4.29. The number of nitrogens with one attached hydrogen (secondary N) is 1. The summed E-state index contributed by atoms with van der Waals surface area (Å²) in [5, 5.41) is 2.63. The lowest BCUT2D eigenvalue weighted by atomic mass is 10.2. The molecule has 86 valence electrons. The van der Waals surface area contributed by atoms with Gasteiger partial charge in [-0.1, -0.05) is 13.5 Å². The van der Waals surface area contributed by atoms with E-state index in [1.54, 1.807) is 6.92 Å². The van der Waals surface area contributed by atoms with E-state index in [-0.39, 0.29) is 30.0 Å². The molecule has 0 aromatic rings. The van der Waals surface area contributed by atoms with Crippen LogP contribution in [-0.2, 0) is 9.59 Å². The van der Waals surface area contributed by atoms with Crippen molar-refractivity contribution >= 4 is 23.6 Å². The molecule has 0 fully saturated rings. The third kappa shape index (κ3) is 7.87. The summed E-state index contributed by atoms with van der Waals surface area (Å²) in [6.45, 7) is 5.53. The summed E-state index contributed by atoms with van der Waals surface area (Å²) >= 11 is 1.34. The van der Waals surface area contributed by atoms with Gasteiger partial charge in [-0.2, -0.15) is 11.8 Å². The molecule has 0 radical (unpaired) electrons. The summed E-state index contributed by atoms with van der Waals surface area (Å²) in [4.78, 5) is 21.8. The van der Waals surface area contributed by atoms with Gasteiger partial charge in [-0.3, -0.25) is 9.59 Å². The fourth-order valence-electron chi connectivity index (χ4n) is 0.787. The van der Waals surface area contributed by atoms with Crippen LogP contribution in [0.2, 0.25) is 0 Å². The van der Waals surface area contributed by atoms with Crippen molar-refractivity contribution in [2.45, 2.75) is 6.92 Å². The summed E-state index contributed by atoms with van der Waals surface area (Å²) in [5.41, 5.74) is 10.7. The second-order valence-electron chi connectivity index (χ2n) is 3.26. The van der Waals surface area contributed by atoms with Crippen molar-refractivity contribution in [2.75, 3.05) is 18.1 Å². The van der Waals surface area contributed by atoms with Crippen molar-refractivity contribution in [2.24, 2.45) is 17.4 Å². The molecule has 15 heavy (non-hydrogen) atoms. The fourth-order valence-corrected chi connectivity index (χ4v) is 1.61. The monoisotopic (exact) mass is 231 g/mol. The molecule has 0 rings (SSSR count). The van der Waals surface area contributed by atoms with Crippen LogP contribution in [0.5, 0.6) is 0 Å². The Kier molecular flexibility index (Phi) is 6.61. The van der Waals surface area contributed by atoms with E-state index < -0.39 is 0 Å². The SMILES string of the molecule is C=C(N)CNC(=O)[C@@H](C)CSCC(N)=O. The highest BCUT2D eigenvalue weighted by molar-refractivity contribution is 7.99. The molecule has 0 aliphatic carbocycles. The number of carbonyl (C=O) groups excluding carboxylic acids is 2. The smallest absolute Gasteiger partial charge is 0.227 e. The van der Waals surface area contributed by atoms with E-state index in [4.69, 9.17) is 11.5 Å². The largest absolute Gasteiger partial charge is 0.401 e. The molecule has 6 heteroatoms. The third-order valence-corrected chi connectivity index (χ3v) is 2.77. The van der Waals surface area contributed by atoms with Crippen LogP contribution in [0.1, 0.15) is 6.92 Å². The molecule has 0 aliphatic heterocycles. The van der Waals surface area contributed by atoms with Gasteiger partial charge in [0.2, 0.25) is 11.8 Å². The maximum atomic E-state index is 11.4. The predicted octanol–water partition coefficient (Wildman–Crippen LogP) is -0.570. The second kappa shape index (κ2) is 7.17. The first-order valence-electron chi connectivity index (χ1n) is 4.50. The molecular formula is C9H17N3O2S. The lowest BCUT2D eigenvalue weighted by Crippen LogP contribution is -2.33. The number of rotatable bonds is 7. The van der Waals surface area contributed by atoms with Gasteiger partial charge in [-0.05, 0) is 0 Å². The summed E-state index contributed by atoms with van der Waals surface area (Å²) in [5.74, 6) is 0.155. The minimum atomic E-state index is -0.372. The van der Waals surface area contributed by atoms with E-state index in [2.05, 4.69) is 11.9 Å². The number of nitrogens with two attached hydrogens (primary N) is 2. The van der Waals surface area contributed by atoms with Crippen LogP contribution in [0.4, 0.5) is 0 Å². The molecule has 5 N–H and O–H groups in total. The van der Waals surface area contributed by atoms with Gasteiger partial charge in [-0.15, -0.1) is 0 Å². The Balaban J connectivity index is 3.69. The van der Waals surface area contributed by atoms with E-state index in [1.165, 1.54) is 11.8 Å². The number of thioether (sulfide) groups is 1. The van der Waals surface area contributed by atoms with Crippen LogP contribution < -0.4 is 16.8 Å². The molecule has 1 atom stereocenters. The zero-order valence-electron chi connectivity index (χ0n) is 8.79. The zero-order chi connectivity index (χ0) is 11.8. The molecular weight excluding hydrogens is 214 g/mol. The van der Waals surface area contributed by atoms with Crippen LogP contribution in [0.3, 0.4) is 0 Å². The van der Waals surface area contributed by atoms with E-state index in [0.29, 0.717) is 11.4 Å². The summed E-state index contributed by atoms with van der Waals surface area (Å²) < 4.78 is 0. The highest BCUT2D eigenvalue weighted by Gasteiger charge is 2.12. The van der Waals surface area contributed by atoms with Gasteiger partial charge in [0.25, 0.3) is 0 Å². The van der Waals surface area contributed by atoms with Gasteiger partial charge >= 0.3 is 0 Å². The van der Waals surface area contributed by atoms with Gasteiger partial charge in [0, 0.05) is 17.4 Å². The maximum absolute atomic E-state index is 11.4. The first kappa shape index (κ1) is 13.8. The Hall–Kier alpha value is -1.17. The van der Waals surface area contributed by atoms with Gasteiger partial charge in [0.05, 0.1) is 12.3 Å². The number of carbonyl (C=O) groups is 2. The summed E-state index contributed by atoms with van der Waals surface area (Å²) in [6.07, 6.45) is 0. The van der Waals surface area contributed by atoms with Crippen LogP contribution in [0.15, 0.2) is 12.3 Å². The average Bonchev–Trinajstić information content (AvgIpc) is 2.13. The van der Waals surface area contributed by atoms with Crippen molar-refractivity contribution < 1.29 is 9.59 Å². The average molecular weight is 231 g/mol. The Morgan fingerprint density at radius 1 is 1.47 bits per heavy atom. The number of hydrogen-bond acceptors (Lipinski definition) is 4. The Bertz CT molecular complexity index is 256. The van der Waals surface area contributed by atoms with Crippen molar-refractivity contribution in [3.63, 3.8) is 0 Å². The van der Waals surface area contributed by atoms with Crippen molar-refractivity contribution in [3.05, 3.63) is 12.3 Å². The quantitative estimate of drug-likeness (QED) is 0.546. The Morgan fingerprint density at radius 2 is 2.07 bits per heavy atom. The van der Waals surface area contributed by atoms with Crippen LogP contribution in [-0.4, -0.2) is 29.9 Å². The standard InChI is InChI=1S/C9H17N3O2S/c1-6(4-15-5-8(11)13)9(14)12-3-7(2)10/h6H,2-5,10H2,1H3,(H2,11,13)(H,12,14)/t6-/m0/s1. The highest BCUT2D eigenvalue weighted by atomic mass is 32.2. The molecule has 0 heterocycles. The molecule has 0 unspecified atom stereocenters. The van der Waals surface area contributed by atoms with Crippen LogP contribution in [0, 0.1) is 5.92 Å². The maximum Gasteiger partial charge on any atom is 0.227 e. The van der Waals surface area contributed by atoms with E-state index in [9.17, 15) is 9.59 Å². The summed E-state index contributed by atoms with van der Waals surface area (Å²) in [6, 6.07) is 0. The van der Waals surface area contributed by atoms with Crippen molar-refractivity contribution in [1.29, 1.82) is 0 Å². The van der Waals surface area contributed by atoms with Crippen LogP contribution in [0.25, 0.3) is 0 Å². The van der Waals surface area contributed by atoms with Crippen molar-refractivity contribution in [1.82, 2.24) is 5.32 Å². The fraction of sp³-hybridized carbons (Fsp3) is 0.556. The Labute approximate surface area is 93.6 Å². The molecule has 0 spiro atoms. The molecule has 0 saturated heterocycles. The Morgan fingerprint density at radius 3 is 2.53 bits per heavy atom.